The second-order valence-electron chi connectivity index (χ2n) is 5.79. The van der Waals surface area contributed by atoms with Crippen molar-refractivity contribution < 1.29 is 13.2 Å². The minimum atomic E-state index is -3.60. The molecule has 1 aromatic carbocycles. The van der Waals surface area contributed by atoms with Crippen LogP contribution in [0.1, 0.15) is 23.2 Å². The molecule has 1 atom stereocenters. The molecule has 1 N–H and O–H groups in total. The average molecular weight is 349 g/mol. The van der Waals surface area contributed by atoms with E-state index in [1.54, 1.807) is 31.2 Å². The van der Waals surface area contributed by atoms with Crippen molar-refractivity contribution in [1.29, 1.82) is 0 Å². The van der Waals surface area contributed by atoms with Crippen molar-refractivity contribution in [2.75, 3.05) is 19.7 Å². The molecule has 1 aliphatic heterocycles. The molecule has 0 radical (unpaired) electrons. The molecule has 2 heterocycles. The number of nitrogens with one attached hydrogen (secondary N) is 1. The SMILES string of the molecule is Cc1ccc(S(=O)(=O)N2CCO[C@@H](c3cc(=O)[nH]c(C)n3)C2)cc1. The van der Waals surface area contributed by atoms with E-state index in [4.69, 9.17) is 4.74 Å². The fraction of sp³-hybridized carbons (Fsp3) is 0.375. The Morgan fingerprint density at radius 3 is 2.62 bits per heavy atom. The van der Waals surface area contributed by atoms with Gasteiger partial charge in [0.2, 0.25) is 10.0 Å². The van der Waals surface area contributed by atoms with Gasteiger partial charge in [0.25, 0.3) is 5.56 Å². The molecule has 0 amide bonds. The zero-order valence-electron chi connectivity index (χ0n) is 13.5. The summed E-state index contributed by atoms with van der Waals surface area (Å²) in [6.45, 7) is 4.24. The molecule has 1 saturated heterocycles. The van der Waals surface area contributed by atoms with E-state index in [1.807, 2.05) is 6.92 Å². The van der Waals surface area contributed by atoms with Crippen LogP contribution in [0, 0.1) is 13.8 Å². The monoisotopic (exact) mass is 349 g/mol. The number of hydrogen-bond acceptors (Lipinski definition) is 5. The maximum Gasteiger partial charge on any atom is 0.251 e. The highest BCUT2D eigenvalue weighted by atomic mass is 32.2. The normalized spacial score (nSPS) is 19.3. The number of aromatic amines is 1. The number of aryl methyl sites for hydroxylation is 2. The van der Waals surface area contributed by atoms with Gasteiger partial charge in [-0.1, -0.05) is 17.7 Å². The van der Waals surface area contributed by atoms with E-state index in [0.717, 1.165) is 5.56 Å². The summed E-state index contributed by atoms with van der Waals surface area (Å²) in [5.41, 5.74) is 1.16. The van der Waals surface area contributed by atoms with Gasteiger partial charge in [-0.2, -0.15) is 4.31 Å². The maximum absolute atomic E-state index is 12.8. The molecule has 2 aromatic rings. The van der Waals surface area contributed by atoms with Crippen LogP contribution in [0.5, 0.6) is 0 Å². The summed E-state index contributed by atoms with van der Waals surface area (Å²) >= 11 is 0. The van der Waals surface area contributed by atoms with Crippen LogP contribution in [-0.4, -0.2) is 42.4 Å². The van der Waals surface area contributed by atoms with Crippen LogP contribution in [0.3, 0.4) is 0 Å². The third-order valence-electron chi connectivity index (χ3n) is 3.90. The third kappa shape index (κ3) is 3.40. The lowest BCUT2D eigenvalue weighted by molar-refractivity contribution is -0.00515. The number of aromatic nitrogens is 2. The largest absolute Gasteiger partial charge is 0.369 e. The predicted molar refractivity (Wildman–Crippen MR) is 88.2 cm³/mol. The molecule has 1 aliphatic rings. The molecule has 3 rings (SSSR count). The third-order valence-corrected chi connectivity index (χ3v) is 5.78. The minimum absolute atomic E-state index is 0.131. The van der Waals surface area contributed by atoms with Crippen LogP contribution in [-0.2, 0) is 14.8 Å². The van der Waals surface area contributed by atoms with Crippen molar-refractivity contribution in [3.8, 4) is 0 Å². The number of nitrogens with zero attached hydrogens (tertiary/aromatic N) is 2. The van der Waals surface area contributed by atoms with Crippen LogP contribution >= 0.6 is 0 Å². The van der Waals surface area contributed by atoms with E-state index in [9.17, 15) is 13.2 Å². The van der Waals surface area contributed by atoms with E-state index in [-0.39, 0.29) is 30.2 Å². The Morgan fingerprint density at radius 1 is 1.25 bits per heavy atom. The van der Waals surface area contributed by atoms with Crippen molar-refractivity contribution in [3.05, 3.63) is 57.8 Å². The number of sulfonamides is 1. The number of benzene rings is 1. The Labute approximate surface area is 140 Å². The van der Waals surface area contributed by atoms with Crippen LogP contribution in [0.15, 0.2) is 40.0 Å². The van der Waals surface area contributed by atoms with Crippen LogP contribution in [0.2, 0.25) is 0 Å². The molecule has 1 aromatic heterocycles. The zero-order chi connectivity index (χ0) is 17.3. The average Bonchev–Trinajstić information content (AvgIpc) is 2.54. The molecule has 8 heteroatoms. The van der Waals surface area contributed by atoms with E-state index in [1.165, 1.54) is 10.4 Å². The van der Waals surface area contributed by atoms with Gasteiger partial charge in [-0.15, -0.1) is 0 Å². The Hall–Kier alpha value is -2.03. The fourth-order valence-corrected chi connectivity index (χ4v) is 4.07. The zero-order valence-corrected chi connectivity index (χ0v) is 14.3. The van der Waals surface area contributed by atoms with Gasteiger partial charge in [-0.25, -0.2) is 13.4 Å². The molecule has 24 heavy (non-hydrogen) atoms. The van der Waals surface area contributed by atoms with E-state index < -0.39 is 16.1 Å². The van der Waals surface area contributed by atoms with Crippen molar-refractivity contribution in [3.63, 3.8) is 0 Å². The second kappa shape index (κ2) is 6.46. The second-order valence-corrected chi connectivity index (χ2v) is 7.73. The van der Waals surface area contributed by atoms with Crippen LogP contribution < -0.4 is 5.56 Å². The molecule has 0 spiro atoms. The highest BCUT2D eigenvalue weighted by Crippen LogP contribution is 2.25. The quantitative estimate of drug-likeness (QED) is 0.897. The molecule has 128 valence electrons. The summed E-state index contributed by atoms with van der Waals surface area (Å²) in [5.74, 6) is 0.472. The van der Waals surface area contributed by atoms with Gasteiger partial charge in [0, 0.05) is 19.2 Å². The molecule has 7 nitrogen and oxygen atoms in total. The van der Waals surface area contributed by atoms with Gasteiger partial charge in [-0.3, -0.25) is 4.79 Å². The molecule has 0 saturated carbocycles. The van der Waals surface area contributed by atoms with E-state index in [0.29, 0.717) is 11.5 Å². The fourth-order valence-electron chi connectivity index (χ4n) is 2.65. The number of rotatable bonds is 3. The van der Waals surface area contributed by atoms with Gasteiger partial charge in [-0.05, 0) is 26.0 Å². The molecular weight excluding hydrogens is 330 g/mol. The predicted octanol–water partition coefficient (Wildman–Crippen LogP) is 1.15. The summed E-state index contributed by atoms with van der Waals surface area (Å²) < 4.78 is 32.6. The summed E-state index contributed by atoms with van der Waals surface area (Å²) in [6.07, 6.45) is -0.556. The van der Waals surface area contributed by atoms with E-state index >= 15 is 0 Å². The topological polar surface area (TPSA) is 92.4 Å². The Morgan fingerprint density at radius 2 is 1.96 bits per heavy atom. The molecule has 1 fully saturated rings. The number of ether oxygens (including phenoxy) is 1. The summed E-state index contributed by atoms with van der Waals surface area (Å²) in [7, 11) is -3.60. The van der Waals surface area contributed by atoms with Crippen LogP contribution in [0.25, 0.3) is 0 Å². The molecule has 0 unspecified atom stereocenters. The van der Waals surface area contributed by atoms with Gasteiger partial charge in [0.1, 0.15) is 11.9 Å². The summed E-state index contributed by atoms with van der Waals surface area (Å²) in [4.78, 5) is 18.7. The van der Waals surface area contributed by atoms with Gasteiger partial charge < -0.3 is 9.72 Å². The van der Waals surface area contributed by atoms with Crippen molar-refractivity contribution in [1.82, 2.24) is 14.3 Å². The lowest BCUT2D eigenvalue weighted by atomic mass is 10.2. The lowest BCUT2D eigenvalue weighted by Crippen LogP contribution is -2.42. The van der Waals surface area contributed by atoms with Crippen molar-refractivity contribution in [2.45, 2.75) is 24.8 Å². The highest BCUT2D eigenvalue weighted by molar-refractivity contribution is 7.89. The summed E-state index contributed by atoms with van der Waals surface area (Å²) in [5, 5.41) is 0. The minimum Gasteiger partial charge on any atom is -0.369 e. The Kier molecular flexibility index (Phi) is 4.53. The molecule has 0 bridgehead atoms. The highest BCUT2D eigenvalue weighted by Gasteiger charge is 2.32. The first-order valence-corrected chi connectivity index (χ1v) is 9.06. The molecular formula is C16H19N3O4S. The smallest absolute Gasteiger partial charge is 0.251 e. The summed E-state index contributed by atoms with van der Waals surface area (Å²) in [6, 6.07) is 8.09. The first-order valence-electron chi connectivity index (χ1n) is 7.62. The van der Waals surface area contributed by atoms with Gasteiger partial charge >= 0.3 is 0 Å². The Balaban J connectivity index is 1.87. The molecule has 0 aliphatic carbocycles. The lowest BCUT2D eigenvalue weighted by Gasteiger charge is -2.31. The number of morpholine rings is 1. The number of H-pyrrole nitrogens is 1. The van der Waals surface area contributed by atoms with Crippen molar-refractivity contribution in [2.24, 2.45) is 0 Å². The standard InChI is InChI=1S/C16H19N3O4S/c1-11-3-5-13(6-4-11)24(21,22)19-7-8-23-15(10-19)14-9-16(20)18-12(2)17-14/h3-6,9,15H,7-8,10H2,1-2H3,(H,17,18,20)/t15-/m1/s1. The van der Waals surface area contributed by atoms with Crippen LogP contribution in [0.4, 0.5) is 0 Å². The first kappa shape index (κ1) is 16.8. The van der Waals surface area contributed by atoms with E-state index in [2.05, 4.69) is 9.97 Å². The van der Waals surface area contributed by atoms with Crippen molar-refractivity contribution >= 4 is 10.0 Å². The van der Waals surface area contributed by atoms with Gasteiger partial charge in [0.15, 0.2) is 0 Å². The Bertz CT molecular complexity index is 890. The van der Waals surface area contributed by atoms with Gasteiger partial charge in [0.05, 0.1) is 17.2 Å². The maximum atomic E-state index is 12.8. The number of hydrogen-bond donors (Lipinski definition) is 1. The first-order chi connectivity index (χ1) is 11.4.